The summed E-state index contributed by atoms with van der Waals surface area (Å²) in [5.74, 6) is -0.154. The minimum atomic E-state index is -0.437. The molecule has 0 saturated carbocycles. The normalized spacial score (nSPS) is 10.5. The van der Waals surface area contributed by atoms with Crippen LogP contribution in [-0.2, 0) is 13.0 Å². The van der Waals surface area contributed by atoms with E-state index >= 15 is 0 Å². The monoisotopic (exact) mass is 354 g/mol. The molecule has 2 aromatic heterocycles. The highest BCUT2D eigenvalue weighted by Crippen LogP contribution is 2.06. The number of likely N-dealkylation sites (N-methyl/N-ethyl adjacent to an activating group) is 1. The van der Waals surface area contributed by atoms with Crippen molar-refractivity contribution in [1.82, 2.24) is 20.4 Å². The Balaban J connectivity index is 1.49. The van der Waals surface area contributed by atoms with E-state index < -0.39 is 5.91 Å². The Bertz CT molecular complexity index is 858. The minimum Gasteiger partial charge on any atom is -0.459 e. The standard InChI is InChI=1S/C18H18N4O4/c1-22(18(24)14-8-5-11-25-14)10-9-15-20-17(26-21-15)16(23)19-12-13-6-3-2-4-7-13/h2-8,11H,9-10,12H2,1H3,(H,19,23). The summed E-state index contributed by atoms with van der Waals surface area (Å²) in [4.78, 5) is 29.7. The van der Waals surface area contributed by atoms with Crippen LogP contribution in [0.1, 0.15) is 32.6 Å². The molecule has 0 bridgehead atoms. The van der Waals surface area contributed by atoms with E-state index in [9.17, 15) is 9.59 Å². The molecule has 0 unspecified atom stereocenters. The van der Waals surface area contributed by atoms with Crippen LogP contribution in [-0.4, -0.2) is 40.4 Å². The summed E-state index contributed by atoms with van der Waals surface area (Å²) >= 11 is 0. The first kappa shape index (κ1) is 17.4. The van der Waals surface area contributed by atoms with E-state index in [1.807, 2.05) is 30.3 Å². The van der Waals surface area contributed by atoms with Gasteiger partial charge in [-0.1, -0.05) is 35.5 Å². The maximum atomic E-state index is 12.1. The summed E-state index contributed by atoms with van der Waals surface area (Å²) in [7, 11) is 1.65. The third kappa shape index (κ3) is 4.35. The molecule has 3 aromatic rings. The van der Waals surface area contributed by atoms with Gasteiger partial charge in [-0.2, -0.15) is 4.98 Å². The van der Waals surface area contributed by atoms with Crippen LogP contribution in [0.4, 0.5) is 0 Å². The van der Waals surface area contributed by atoms with Crippen molar-refractivity contribution in [3.8, 4) is 0 Å². The fourth-order valence-electron chi connectivity index (χ4n) is 2.26. The Morgan fingerprint density at radius 2 is 1.96 bits per heavy atom. The quantitative estimate of drug-likeness (QED) is 0.695. The molecule has 0 aliphatic heterocycles. The number of aromatic nitrogens is 2. The topological polar surface area (TPSA) is 101 Å². The molecular formula is C18H18N4O4. The molecule has 1 N–H and O–H groups in total. The van der Waals surface area contributed by atoms with Gasteiger partial charge < -0.3 is 19.2 Å². The Morgan fingerprint density at radius 3 is 2.69 bits per heavy atom. The first-order valence-corrected chi connectivity index (χ1v) is 8.07. The lowest BCUT2D eigenvalue weighted by atomic mass is 10.2. The molecule has 2 heterocycles. The zero-order valence-electron chi connectivity index (χ0n) is 14.2. The summed E-state index contributed by atoms with van der Waals surface area (Å²) < 4.78 is 10.1. The van der Waals surface area contributed by atoms with Crippen LogP contribution in [0, 0.1) is 0 Å². The molecule has 8 nitrogen and oxygen atoms in total. The number of nitrogens with one attached hydrogen (secondary N) is 1. The molecule has 1 aromatic carbocycles. The SMILES string of the molecule is CN(CCc1noc(C(=O)NCc2ccccc2)n1)C(=O)c1ccco1. The van der Waals surface area contributed by atoms with Crippen molar-refractivity contribution in [3.63, 3.8) is 0 Å². The second-order valence-electron chi connectivity index (χ2n) is 5.64. The number of nitrogens with zero attached hydrogens (tertiary/aromatic N) is 3. The van der Waals surface area contributed by atoms with Gasteiger partial charge in [0, 0.05) is 26.6 Å². The van der Waals surface area contributed by atoms with E-state index in [-0.39, 0.29) is 17.6 Å². The van der Waals surface area contributed by atoms with E-state index in [4.69, 9.17) is 8.94 Å². The second-order valence-corrected chi connectivity index (χ2v) is 5.64. The number of benzene rings is 1. The number of amides is 2. The maximum Gasteiger partial charge on any atom is 0.315 e. The van der Waals surface area contributed by atoms with Crippen LogP contribution in [0.15, 0.2) is 57.7 Å². The summed E-state index contributed by atoms with van der Waals surface area (Å²) in [5.41, 5.74) is 0.971. The van der Waals surface area contributed by atoms with Gasteiger partial charge in [-0.15, -0.1) is 0 Å². The van der Waals surface area contributed by atoms with Crippen molar-refractivity contribution in [1.29, 1.82) is 0 Å². The van der Waals surface area contributed by atoms with Gasteiger partial charge in [0.2, 0.25) is 0 Å². The van der Waals surface area contributed by atoms with Crippen LogP contribution in [0.5, 0.6) is 0 Å². The van der Waals surface area contributed by atoms with Gasteiger partial charge in [0.05, 0.1) is 6.26 Å². The van der Waals surface area contributed by atoms with E-state index in [0.717, 1.165) is 5.56 Å². The first-order valence-electron chi connectivity index (χ1n) is 8.07. The molecule has 0 saturated heterocycles. The van der Waals surface area contributed by atoms with E-state index in [2.05, 4.69) is 15.5 Å². The van der Waals surface area contributed by atoms with Gasteiger partial charge >= 0.3 is 11.8 Å². The van der Waals surface area contributed by atoms with Gasteiger partial charge in [0.1, 0.15) is 0 Å². The van der Waals surface area contributed by atoms with Crippen LogP contribution < -0.4 is 5.32 Å². The highest BCUT2D eigenvalue weighted by Gasteiger charge is 2.17. The fraction of sp³-hybridized carbons (Fsp3) is 0.222. The Morgan fingerprint density at radius 1 is 1.15 bits per heavy atom. The Hall–Kier alpha value is -3.42. The molecule has 0 radical (unpaired) electrons. The van der Waals surface area contributed by atoms with E-state index in [0.29, 0.717) is 25.3 Å². The largest absolute Gasteiger partial charge is 0.459 e. The van der Waals surface area contributed by atoms with Crippen molar-refractivity contribution in [2.75, 3.05) is 13.6 Å². The van der Waals surface area contributed by atoms with Crippen molar-refractivity contribution < 1.29 is 18.5 Å². The molecule has 3 rings (SSSR count). The summed E-state index contributed by atoms with van der Waals surface area (Å²) in [6.07, 6.45) is 1.80. The average Bonchev–Trinajstić information content (AvgIpc) is 3.36. The van der Waals surface area contributed by atoms with Crippen molar-refractivity contribution in [3.05, 3.63) is 71.8 Å². The number of rotatable bonds is 7. The minimum absolute atomic E-state index is 0.101. The zero-order chi connectivity index (χ0) is 18.4. The predicted octanol–water partition coefficient (Wildman–Crippen LogP) is 1.91. The number of carbonyl (C=O) groups is 2. The molecule has 0 spiro atoms. The molecule has 0 atom stereocenters. The van der Waals surface area contributed by atoms with Gasteiger partial charge in [0.25, 0.3) is 5.91 Å². The predicted molar refractivity (Wildman–Crippen MR) is 91.3 cm³/mol. The van der Waals surface area contributed by atoms with E-state index in [1.54, 1.807) is 19.2 Å². The van der Waals surface area contributed by atoms with Gasteiger partial charge in [-0.25, -0.2) is 0 Å². The molecule has 0 aliphatic rings. The maximum absolute atomic E-state index is 12.1. The highest BCUT2D eigenvalue weighted by atomic mass is 16.5. The van der Waals surface area contributed by atoms with Crippen LogP contribution in [0.25, 0.3) is 0 Å². The number of furan rings is 1. The number of carbonyl (C=O) groups excluding carboxylic acids is 2. The van der Waals surface area contributed by atoms with Crippen molar-refractivity contribution in [2.45, 2.75) is 13.0 Å². The van der Waals surface area contributed by atoms with Crippen LogP contribution in [0.3, 0.4) is 0 Å². The van der Waals surface area contributed by atoms with Crippen LogP contribution in [0.2, 0.25) is 0 Å². The van der Waals surface area contributed by atoms with Crippen molar-refractivity contribution >= 4 is 11.8 Å². The smallest absolute Gasteiger partial charge is 0.315 e. The van der Waals surface area contributed by atoms with Crippen molar-refractivity contribution in [2.24, 2.45) is 0 Å². The summed E-state index contributed by atoms with van der Waals surface area (Å²) in [6, 6.07) is 12.8. The average molecular weight is 354 g/mol. The lowest BCUT2D eigenvalue weighted by molar-refractivity contribution is 0.0764. The number of hydrogen-bond acceptors (Lipinski definition) is 6. The molecule has 2 amide bonds. The molecule has 134 valence electrons. The van der Waals surface area contributed by atoms with Gasteiger partial charge in [0.15, 0.2) is 11.6 Å². The highest BCUT2D eigenvalue weighted by molar-refractivity contribution is 5.91. The van der Waals surface area contributed by atoms with Gasteiger partial charge in [-0.05, 0) is 17.7 Å². The van der Waals surface area contributed by atoms with Gasteiger partial charge in [-0.3, -0.25) is 9.59 Å². The zero-order valence-corrected chi connectivity index (χ0v) is 14.2. The molecular weight excluding hydrogens is 336 g/mol. The Kier molecular flexibility index (Phi) is 5.43. The Labute approximate surface area is 149 Å². The molecule has 26 heavy (non-hydrogen) atoms. The third-order valence-corrected chi connectivity index (χ3v) is 3.71. The first-order chi connectivity index (χ1) is 12.6. The number of hydrogen-bond donors (Lipinski definition) is 1. The summed E-state index contributed by atoms with van der Waals surface area (Å²) in [5, 5.41) is 6.50. The molecule has 8 heteroatoms. The fourth-order valence-corrected chi connectivity index (χ4v) is 2.26. The second kappa shape index (κ2) is 8.11. The van der Waals surface area contributed by atoms with Crippen LogP contribution >= 0.6 is 0 Å². The lowest BCUT2D eigenvalue weighted by Gasteiger charge is -2.14. The van der Waals surface area contributed by atoms with E-state index in [1.165, 1.54) is 11.2 Å². The summed E-state index contributed by atoms with van der Waals surface area (Å²) in [6.45, 7) is 0.738. The lowest BCUT2D eigenvalue weighted by Crippen LogP contribution is -2.28. The third-order valence-electron chi connectivity index (χ3n) is 3.71. The molecule has 0 fully saturated rings. The molecule has 0 aliphatic carbocycles.